The molecule has 0 aliphatic rings. The number of rotatable bonds is 7. The van der Waals surface area contributed by atoms with Gasteiger partial charge in [-0.1, -0.05) is 32.0 Å². The van der Waals surface area contributed by atoms with Crippen LogP contribution in [0.1, 0.15) is 30.5 Å². The molecule has 0 atom stereocenters. The summed E-state index contributed by atoms with van der Waals surface area (Å²) in [6.07, 6.45) is 0. The first-order chi connectivity index (χ1) is 8.19. The van der Waals surface area contributed by atoms with Gasteiger partial charge in [0.15, 0.2) is 0 Å². The van der Waals surface area contributed by atoms with Crippen molar-refractivity contribution in [3.8, 4) is 0 Å². The van der Waals surface area contributed by atoms with Gasteiger partial charge in [-0.05, 0) is 43.6 Å². The molecule has 1 N–H and O–H groups in total. The average Bonchev–Trinajstić information content (AvgIpc) is 2.34. The van der Waals surface area contributed by atoms with E-state index in [4.69, 9.17) is 0 Å². The second kappa shape index (κ2) is 7.46. The van der Waals surface area contributed by atoms with Crippen LogP contribution < -0.4 is 5.32 Å². The van der Waals surface area contributed by atoms with Crippen LogP contribution in [0, 0.1) is 13.8 Å². The van der Waals surface area contributed by atoms with Crippen molar-refractivity contribution in [2.24, 2.45) is 0 Å². The molecule has 2 nitrogen and oxygen atoms in total. The zero-order valence-electron chi connectivity index (χ0n) is 11.7. The lowest BCUT2D eigenvalue weighted by atomic mass is 10.0. The molecule has 96 valence electrons. The minimum Gasteiger partial charge on any atom is -0.311 e. The fourth-order valence-electron chi connectivity index (χ4n) is 2.00. The number of nitrogens with zero attached hydrogens (tertiary/aromatic N) is 1. The Morgan fingerprint density at radius 3 is 2.47 bits per heavy atom. The van der Waals surface area contributed by atoms with Crippen LogP contribution in [0.15, 0.2) is 18.2 Å². The Hall–Kier alpha value is -0.860. The third kappa shape index (κ3) is 4.49. The lowest BCUT2D eigenvalue weighted by Gasteiger charge is -2.18. The summed E-state index contributed by atoms with van der Waals surface area (Å²) in [6.45, 7) is 14.3. The molecular weight excluding hydrogens is 208 g/mol. The number of benzene rings is 1. The summed E-state index contributed by atoms with van der Waals surface area (Å²) in [6, 6.07) is 6.53. The molecule has 0 saturated carbocycles. The first kappa shape index (κ1) is 14.2. The Balaban J connectivity index is 2.33. The standard InChI is InChI=1S/C15H26N2/c1-5-17(6-2)11-10-16-12-15-9-7-8-13(3)14(15)4/h7-9,16H,5-6,10-12H2,1-4H3. The monoisotopic (exact) mass is 234 g/mol. The van der Waals surface area contributed by atoms with Crippen molar-refractivity contribution in [3.63, 3.8) is 0 Å². The molecular formula is C15H26N2. The predicted molar refractivity (Wildman–Crippen MR) is 75.4 cm³/mol. The highest BCUT2D eigenvalue weighted by atomic mass is 15.1. The molecule has 0 unspecified atom stereocenters. The number of hydrogen-bond acceptors (Lipinski definition) is 2. The van der Waals surface area contributed by atoms with Crippen LogP contribution in [-0.4, -0.2) is 31.1 Å². The highest BCUT2D eigenvalue weighted by Crippen LogP contribution is 2.11. The third-order valence-electron chi connectivity index (χ3n) is 3.53. The molecule has 1 aromatic carbocycles. The van der Waals surface area contributed by atoms with Crippen LogP contribution in [0.25, 0.3) is 0 Å². The van der Waals surface area contributed by atoms with E-state index in [2.05, 4.69) is 56.1 Å². The van der Waals surface area contributed by atoms with Gasteiger partial charge in [0, 0.05) is 19.6 Å². The minimum atomic E-state index is 0.981. The summed E-state index contributed by atoms with van der Waals surface area (Å²) < 4.78 is 0. The highest BCUT2D eigenvalue weighted by Gasteiger charge is 2.01. The van der Waals surface area contributed by atoms with E-state index in [-0.39, 0.29) is 0 Å². The van der Waals surface area contributed by atoms with Crippen LogP contribution in [0.4, 0.5) is 0 Å². The highest BCUT2D eigenvalue weighted by molar-refractivity contribution is 5.32. The summed E-state index contributed by atoms with van der Waals surface area (Å²) in [5, 5.41) is 3.53. The SMILES string of the molecule is CCN(CC)CCNCc1cccc(C)c1C. The maximum atomic E-state index is 3.53. The van der Waals surface area contributed by atoms with Crippen LogP contribution in [0.2, 0.25) is 0 Å². The van der Waals surface area contributed by atoms with Crippen LogP contribution in [0.5, 0.6) is 0 Å². The predicted octanol–water partition coefficient (Wildman–Crippen LogP) is 2.73. The molecule has 0 aromatic heterocycles. The van der Waals surface area contributed by atoms with Crippen molar-refractivity contribution in [3.05, 3.63) is 34.9 Å². The lowest BCUT2D eigenvalue weighted by molar-refractivity contribution is 0.302. The fourth-order valence-corrected chi connectivity index (χ4v) is 2.00. The van der Waals surface area contributed by atoms with Gasteiger partial charge in [-0.2, -0.15) is 0 Å². The van der Waals surface area contributed by atoms with Gasteiger partial charge in [-0.3, -0.25) is 0 Å². The Morgan fingerprint density at radius 1 is 1.12 bits per heavy atom. The molecule has 1 aromatic rings. The van der Waals surface area contributed by atoms with Crippen molar-refractivity contribution >= 4 is 0 Å². The Morgan fingerprint density at radius 2 is 1.82 bits per heavy atom. The van der Waals surface area contributed by atoms with E-state index in [1.165, 1.54) is 16.7 Å². The molecule has 0 aliphatic carbocycles. The molecule has 1 rings (SSSR count). The normalized spacial score (nSPS) is 11.1. The largest absolute Gasteiger partial charge is 0.311 e. The number of aryl methyl sites for hydroxylation is 1. The van der Waals surface area contributed by atoms with Gasteiger partial charge in [-0.25, -0.2) is 0 Å². The number of likely N-dealkylation sites (N-methyl/N-ethyl adjacent to an activating group) is 1. The van der Waals surface area contributed by atoms with E-state index in [1.54, 1.807) is 0 Å². The molecule has 0 saturated heterocycles. The molecule has 0 aliphatic heterocycles. The molecule has 0 spiro atoms. The van der Waals surface area contributed by atoms with E-state index in [0.29, 0.717) is 0 Å². The second-order valence-corrected chi connectivity index (χ2v) is 4.56. The van der Waals surface area contributed by atoms with Gasteiger partial charge in [0.25, 0.3) is 0 Å². The smallest absolute Gasteiger partial charge is 0.0208 e. The molecule has 0 fully saturated rings. The summed E-state index contributed by atoms with van der Waals surface area (Å²) in [4.78, 5) is 2.44. The molecule has 0 heterocycles. The maximum absolute atomic E-state index is 3.53. The number of hydrogen-bond donors (Lipinski definition) is 1. The topological polar surface area (TPSA) is 15.3 Å². The number of nitrogens with one attached hydrogen (secondary N) is 1. The Bertz CT molecular complexity index is 330. The van der Waals surface area contributed by atoms with Gasteiger partial charge < -0.3 is 10.2 Å². The third-order valence-corrected chi connectivity index (χ3v) is 3.53. The van der Waals surface area contributed by atoms with E-state index in [1.807, 2.05) is 0 Å². The van der Waals surface area contributed by atoms with E-state index in [0.717, 1.165) is 32.7 Å². The van der Waals surface area contributed by atoms with Crippen LogP contribution in [-0.2, 0) is 6.54 Å². The van der Waals surface area contributed by atoms with Crippen molar-refractivity contribution in [2.45, 2.75) is 34.2 Å². The zero-order valence-corrected chi connectivity index (χ0v) is 11.7. The summed E-state index contributed by atoms with van der Waals surface area (Å²) in [5.74, 6) is 0. The quantitative estimate of drug-likeness (QED) is 0.730. The van der Waals surface area contributed by atoms with Crippen LogP contribution >= 0.6 is 0 Å². The molecule has 0 radical (unpaired) electrons. The van der Waals surface area contributed by atoms with E-state index >= 15 is 0 Å². The summed E-state index contributed by atoms with van der Waals surface area (Å²) in [5.41, 5.74) is 4.22. The Labute approximate surface area is 106 Å². The zero-order chi connectivity index (χ0) is 12.7. The van der Waals surface area contributed by atoms with Crippen molar-refractivity contribution in [1.82, 2.24) is 10.2 Å². The van der Waals surface area contributed by atoms with E-state index < -0.39 is 0 Å². The molecule has 0 bridgehead atoms. The second-order valence-electron chi connectivity index (χ2n) is 4.56. The summed E-state index contributed by atoms with van der Waals surface area (Å²) >= 11 is 0. The first-order valence-electron chi connectivity index (χ1n) is 6.67. The molecule has 0 amide bonds. The average molecular weight is 234 g/mol. The van der Waals surface area contributed by atoms with Gasteiger partial charge >= 0.3 is 0 Å². The Kier molecular flexibility index (Phi) is 6.23. The van der Waals surface area contributed by atoms with Gasteiger partial charge in [0.2, 0.25) is 0 Å². The first-order valence-corrected chi connectivity index (χ1v) is 6.67. The van der Waals surface area contributed by atoms with Crippen LogP contribution in [0.3, 0.4) is 0 Å². The lowest BCUT2D eigenvalue weighted by Crippen LogP contribution is -2.31. The molecule has 17 heavy (non-hydrogen) atoms. The fraction of sp³-hybridized carbons (Fsp3) is 0.600. The van der Waals surface area contributed by atoms with E-state index in [9.17, 15) is 0 Å². The minimum absolute atomic E-state index is 0.981. The van der Waals surface area contributed by atoms with Gasteiger partial charge in [-0.15, -0.1) is 0 Å². The summed E-state index contributed by atoms with van der Waals surface area (Å²) in [7, 11) is 0. The maximum Gasteiger partial charge on any atom is 0.0208 e. The molecule has 2 heteroatoms. The van der Waals surface area contributed by atoms with Gasteiger partial charge in [0.05, 0.1) is 0 Å². The van der Waals surface area contributed by atoms with Crippen molar-refractivity contribution in [1.29, 1.82) is 0 Å². The van der Waals surface area contributed by atoms with Gasteiger partial charge in [0.1, 0.15) is 0 Å². The van der Waals surface area contributed by atoms with Crippen molar-refractivity contribution < 1.29 is 0 Å². The van der Waals surface area contributed by atoms with Crippen molar-refractivity contribution in [2.75, 3.05) is 26.2 Å².